The number of nitrogens with one attached hydrogen (secondary N) is 1. The van der Waals surface area contributed by atoms with Gasteiger partial charge in [0.05, 0.1) is 27.0 Å². The molecule has 2 heterocycles. The molecule has 32 heavy (non-hydrogen) atoms. The number of fused-ring (bicyclic) bond motifs is 1. The van der Waals surface area contributed by atoms with Crippen LogP contribution in [0.2, 0.25) is 0 Å². The van der Waals surface area contributed by atoms with Crippen LogP contribution >= 0.6 is 0 Å². The van der Waals surface area contributed by atoms with Crippen molar-refractivity contribution in [3.05, 3.63) is 23.3 Å². The molecule has 1 unspecified atom stereocenters. The van der Waals surface area contributed by atoms with E-state index in [1.54, 1.807) is 20.3 Å². The molecular formula is C24H35N3O5. The van der Waals surface area contributed by atoms with Crippen LogP contribution in [-0.4, -0.2) is 59.8 Å². The van der Waals surface area contributed by atoms with E-state index < -0.39 is 11.6 Å². The van der Waals surface area contributed by atoms with Gasteiger partial charge in [-0.15, -0.1) is 0 Å². The van der Waals surface area contributed by atoms with E-state index >= 15 is 0 Å². The molecule has 1 saturated heterocycles. The van der Waals surface area contributed by atoms with Crippen LogP contribution in [0.4, 0.5) is 4.79 Å². The Morgan fingerprint density at radius 3 is 2.34 bits per heavy atom. The zero-order valence-corrected chi connectivity index (χ0v) is 19.7. The van der Waals surface area contributed by atoms with E-state index in [0.29, 0.717) is 48.9 Å². The smallest absolute Gasteiger partial charge is 0.326 e. The number of urea groups is 1. The maximum atomic E-state index is 13.4. The summed E-state index contributed by atoms with van der Waals surface area (Å²) in [5.41, 5.74) is 0.937. The lowest BCUT2D eigenvalue weighted by Crippen LogP contribution is -2.51. The number of hydrogen-bond donors (Lipinski definition) is 2. The lowest BCUT2D eigenvalue weighted by molar-refractivity contribution is -0.135. The molecule has 2 aliphatic heterocycles. The third-order valence-corrected chi connectivity index (χ3v) is 7.51. The highest BCUT2D eigenvalue weighted by Crippen LogP contribution is 2.44. The van der Waals surface area contributed by atoms with Gasteiger partial charge >= 0.3 is 6.03 Å². The second kappa shape index (κ2) is 8.23. The van der Waals surface area contributed by atoms with Gasteiger partial charge in [-0.25, -0.2) is 9.69 Å². The Balaban J connectivity index is 1.50. The maximum Gasteiger partial charge on any atom is 0.326 e. The standard InChI is InChI=1S/C24H35N3O5/c1-23(2,3)15-8-10-24(11-9-15)21(29)27(22(30)25-24)14-26-12-16-18(31-4)6-7-19(32-5)20(16)17(28)13-26/h6-7,15,17,28H,8-14H2,1-5H3,(H,25,30). The second-order valence-electron chi connectivity index (χ2n) is 10.4. The molecule has 2 N–H and O–H groups in total. The van der Waals surface area contributed by atoms with Crippen LogP contribution in [-0.2, 0) is 11.3 Å². The van der Waals surface area contributed by atoms with E-state index in [4.69, 9.17) is 9.47 Å². The summed E-state index contributed by atoms with van der Waals surface area (Å²) in [6, 6.07) is 3.25. The summed E-state index contributed by atoms with van der Waals surface area (Å²) >= 11 is 0. The summed E-state index contributed by atoms with van der Waals surface area (Å²) in [5, 5.41) is 13.8. The molecule has 1 aromatic rings. The van der Waals surface area contributed by atoms with Crippen LogP contribution in [0.25, 0.3) is 0 Å². The number of aliphatic hydroxyl groups excluding tert-OH is 1. The lowest BCUT2D eigenvalue weighted by Gasteiger charge is -2.40. The Kier molecular flexibility index (Phi) is 5.88. The van der Waals surface area contributed by atoms with Crippen molar-refractivity contribution in [2.24, 2.45) is 11.3 Å². The van der Waals surface area contributed by atoms with Gasteiger partial charge < -0.3 is 19.9 Å². The average molecular weight is 446 g/mol. The first-order valence-corrected chi connectivity index (χ1v) is 11.4. The number of aliphatic hydroxyl groups is 1. The molecule has 4 rings (SSSR count). The van der Waals surface area contributed by atoms with Crippen molar-refractivity contribution in [2.45, 2.75) is 64.6 Å². The highest BCUT2D eigenvalue weighted by molar-refractivity contribution is 6.07. The quantitative estimate of drug-likeness (QED) is 0.693. The van der Waals surface area contributed by atoms with Crippen LogP contribution in [0.3, 0.4) is 0 Å². The number of benzene rings is 1. The Hall–Kier alpha value is -2.32. The number of methoxy groups -OCH3 is 2. The first-order valence-electron chi connectivity index (χ1n) is 11.4. The zero-order valence-electron chi connectivity index (χ0n) is 19.7. The van der Waals surface area contributed by atoms with Crippen molar-refractivity contribution in [1.82, 2.24) is 15.1 Å². The molecule has 2 fully saturated rings. The number of rotatable bonds is 4. The highest BCUT2D eigenvalue weighted by Gasteiger charge is 2.53. The van der Waals surface area contributed by atoms with Gasteiger partial charge in [0.2, 0.25) is 0 Å². The largest absolute Gasteiger partial charge is 0.496 e. The Morgan fingerprint density at radius 2 is 1.75 bits per heavy atom. The van der Waals surface area contributed by atoms with Crippen LogP contribution in [0.1, 0.15) is 63.7 Å². The van der Waals surface area contributed by atoms with Crippen molar-refractivity contribution in [1.29, 1.82) is 0 Å². The zero-order chi connectivity index (χ0) is 23.3. The highest BCUT2D eigenvalue weighted by atomic mass is 16.5. The molecule has 1 aliphatic carbocycles. The fourth-order valence-electron chi connectivity index (χ4n) is 5.57. The molecule has 3 amide bonds. The number of amides is 3. The van der Waals surface area contributed by atoms with Crippen LogP contribution < -0.4 is 14.8 Å². The van der Waals surface area contributed by atoms with E-state index in [2.05, 4.69) is 26.1 Å². The van der Waals surface area contributed by atoms with E-state index in [9.17, 15) is 14.7 Å². The molecule has 0 radical (unpaired) electrons. The van der Waals surface area contributed by atoms with E-state index in [-0.39, 0.29) is 24.0 Å². The van der Waals surface area contributed by atoms with Gasteiger partial charge in [-0.3, -0.25) is 9.69 Å². The summed E-state index contributed by atoms with van der Waals surface area (Å²) in [6.45, 7) is 7.58. The number of carbonyl (C=O) groups is 2. The van der Waals surface area contributed by atoms with Gasteiger partial charge in [0.1, 0.15) is 17.0 Å². The van der Waals surface area contributed by atoms with Gasteiger partial charge in [-0.05, 0) is 49.1 Å². The molecule has 1 aromatic carbocycles. The van der Waals surface area contributed by atoms with E-state index in [1.807, 2.05) is 11.0 Å². The molecule has 8 heteroatoms. The van der Waals surface area contributed by atoms with Crippen LogP contribution in [0, 0.1) is 11.3 Å². The number of nitrogens with zero attached hydrogens (tertiary/aromatic N) is 2. The monoisotopic (exact) mass is 445 g/mol. The van der Waals surface area contributed by atoms with Crippen molar-refractivity contribution in [2.75, 3.05) is 27.4 Å². The normalized spacial score (nSPS) is 28.6. The number of β-amino-alcohol motifs (C(OH)–C–C–N with tert-alkyl or cyclic N) is 1. The molecule has 1 saturated carbocycles. The molecule has 0 aromatic heterocycles. The molecule has 1 spiro atoms. The number of imide groups is 1. The maximum absolute atomic E-state index is 13.4. The molecular weight excluding hydrogens is 410 g/mol. The minimum absolute atomic E-state index is 0.131. The SMILES string of the molecule is COc1ccc(OC)c2c1CN(CN1C(=O)NC3(CCC(C(C)(C)C)CC3)C1=O)CC2O. The first kappa shape index (κ1) is 22.9. The minimum Gasteiger partial charge on any atom is -0.496 e. The van der Waals surface area contributed by atoms with Crippen LogP contribution in [0.15, 0.2) is 12.1 Å². The Morgan fingerprint density at radius 1 is 1.12 bits per heavy atom. The molecule has 176 valence electrons. The van der Waals surface area contributed by atoms with Crippen molar-refractivity contribution in [3.8, 4) is 11.5 Å². The van der Waals surface area contributed by atoms with Crippen molar-refractivity contribution in [3.63, 3.8) is 0 Å². The second-order valence-corrected chi connectivity index (χ2v) is 10.4. The lowest BCUT2D eigenvalue weighted by atomic mass is 9.67. The predicted molar refractivity (Wildman–Crippen MR) is 119 cm³/mol. The number of hydrogen-bond acceptors (Lipinski definition) is 6. The minimum atomic E-state index is -0.805. The van der Waals surface area contributed by atoms with Crippen molar-refractivity contribution >= 4 is 11.9 Å². The molecule has 8 nitrogen and oxygen atoms in total. The van der Waals surface area contributed by atoms with Gasteiger partial charge in [-0.1, -0.05) is 20.8 Å². The Bertz CT molecular complexity index is 902. The molecule has 0 bridgehead atoms. The predicted octanol–water partition coefficient (Wildman–Crippen LogP) is 3.04. The number of carbonyl (C=O) groups excluding carboxylic acids is 2. The third kappa shape index (κ3) is 3.83. The molecule has 3 aliphatic rings. The van der Waals surface area contributed by atoms with E-state index in [0.717, 1.165) is 18.4 Å². The topological polar surface area (TPSA) is 91.3 Å². The summed E-state index contributed by atoms with van der Waals surface area (Å²) in [5.74, 6) is 1.66. The number of ether oxygens (including phenoxy) is 2. The summed E-state index contributed by atoms with van der Waals surface area (Å²) < 4.78 is 10.9. The summed E-state index contributed by atoms with van der Waals surface area (Å²) in [6.07, 6.45) is 2.39. The van der Waals surface area contributed by atoms with Gasteiger partial charge in [0, 0.05) is 24.2 Å². The fraction of sp³-hybridized carbons (Fsp3) is 0.667. The van der Waals surface area contributed by atoms with Gasteiger partial charge in [0.25, 0.3) is 5.91 Å². The van der Waals surface area contributed by atoms with E-state index in [1.165, 1.54) is 4.90 Å². The third-order valence-electron chi connectivity index (χ3n) is 7.51. The van der Waals surface area contributed by atoms with Crippen LogP contribution in [0.5, 0.6) is 11.5 Å². The first-order chi connectivity index (χ1) is 15.1. The van der Waals surface area contributed by atoms with Gasteiger partial charge in [-0.2, -0.15) is 0 Å². The average Bonchev–Trinajstić information content (AvgIpc) is 2.96. The summed E-state index contributed by atoms with van der Waals surface area (Å²) in [7, 11) is 3.16. The molecule has 1 atom stereocenters. The van der Waals surface area contributed by atoms with Crippen molar-refractivity contribution < 1.29 is 24.2 Å². The Labute approximate surface area is 189 Å². The van der Waals surface area contributed by atoms with Gasteiger partial charge in [0.15, 0.2) is 0 Å². The summed E-state index contributed by atoms with van der Waals surface area (Å²) in [4.78, 5) is 29.4. The fourth-order valence-corrected chi connectivity index (χ4v) is 5.57.